The van der Waals surface area contributed by atoms with Gasteiger partial charge in [0.2, 0.25) is 0 Å². The van der Waals surface area contributed by atoms with Crippen molar-refractivity contribution < 1.29 is 4.39 Å². The van der Waals surface area contributed by atoms with Crippen LogP contribution < -0.4 is 5.73 Å². The van der Waals surface area contributed by atoms with Crippen molar-refractivity contribution in [3.8, 4) is 0 Å². The summed E-state index contributed by atoms with van der Waals surface area (Å²) < 4.78 is 12.8. The molecule has 12 heavy (non-hydrogen) atoms. The van der Waals surface area contributed by atoms with Crippen LogP contribution in [0.25, 0.3) is 0 Å². The first kappa shape index (κ1) is 7.74. The van der Waals surface area contributed by atoms with Gasteiger partial charge in [0.1, 0.15) is 5.82 Å². The van der Waals surface area contributed by atoms with E-state index in [0.717, 1.165) is 18.4 Å². The van der Waals surface area contributed by atoms with Gasteiger partial charge in [0.05, 0.1) is 0 Å². The molecular weight excluding hydrogens is 153 g/mol. The zero-order valence-corrected chi connectivity index (χ0v) is 6.83. The molecule has 2 rings (SSSR count). The summed E-state index contributed by atoms with van der Waals surface area (Å²) in [5.41, 5.74) is 6.74. The zero-order chi connectivity index (χ0) is 8.55. The lowest BCUT2D eigenvalue weighted by molar-refractivity contribution is 0.350. The second kappa shape index (κ2) is 2.87. The van der Waals surface area contributed by atoms with Crippen molar-refractivity contribution in [2.45, 2.75) is 24.8 Å². The largest absolute Gasteiger partial charge is 0.328 e. The second-order valence-corrected chi connectivity index (χ2v) is 3.48. The Hall–Kier alpha value is -0.890. The Kier molecular flexibility index (Phi) is 1.85. The van der Waals surface area contributed by atoms with Gasteiger partial charge in [-0.25, -0.2) is 4.39 Å². The summed E-state index contributed by atoms with van der Waals surface area (Å²) in [7, 11) is 0. The van der Waals surface area contributed by atoms with Crippen molar-refractivity contribution in [2.75, 3.05) is 0 Å². The maximum Gasteiger partial charge on any atom is 0.123 e. The number of halogens is 1. The number of rotatable bonds is 1. The summed E-state index contributed by atoms with van der Waals surface area (Å²) in [6.07, 6.45) is 2.01. The van der Waals surface area contributed by atoms with Crippen LogP contribution in [0.1, 0.15) is 24.3 Å². The predicted octanol–water partition coefficient (Wildman–Crippen LogP) is 2.03. The molecule has 1 aliphatic rings. The van der Waals surface area contributed by atoms with Gasteiger partial charge < -0.3 is 5.73 Å². The Bertz CT molecular complexity index is 279. The normalized spacial score (nSPS) is 28.2. The lowest BCUT2D eigenvalue weighted by Gasteiger charge is -2.32. The van der Waals surface area contributed by atoms with Gasteiger partial charge in [0.25, 0.3) is 0 Å². The minimum atomic E-state index is -0.145. The van der Waals surface area contributed by atoms with Gasteiger partial charge in [-0.2, -0.15) is 0 Å². The fourth-order valence-electron chi connectivity index (χ4n) is 1.69. The van der Waals surface area contributed by atoms with Crippen molar-refractivity contribution in [2.24, 2.45) is 5.73 Å². The zero-order valence-electron chi connectivity index (χ0n) is 6.83. The summed E-state index contributed by atoms with van der Waals surface area (Å²) >= 11 is 0. The quantitative estimate of drug-likeness (QED) is 0.677. The summed E-state index contributed by atoms with van der Waals surface area (Å²) in [5.74, 6) is 0.351. The van der Waals surface area contributed by atoms with Crippen LogP contribution in [0.5, 0.6) is 0 Å². The molecule has 1 aromatic carbocycles. The van der Waals surface area contributed by atoms with E-state index < -0.39 is 0 Å². The van der Waals surface area contributed by atoms with Gasteiger partial charge in [-0.1, -0.05) is 12.1 Å². The molecule has 0 unspecified atom stereocenters. The molecule has 0 spiro atoms. The maximum absolute atomic E-state index is 12.8. The van der Waals surface area contributed by atoms with Crippen LogP contribution in [-0.2, 0) is 0 Å². The Labute approximate surface area is 71.4 Å². The molecule has 1 aliphatic carbocycles. The highest BCUT2D eigenvalue weighted by Gasteiger charge is 2.27. The molecule has 1 saturated carbocycles. The Morgan fingerprint density at radius 3 is 2.67 bits per heavy atom. The van der Waals surface area contributed by atoms with Gasteiger partial charge >= 0.3 is 0 Å². The molecule has 2 heteroatoms. The minimum Gasteiger partial charge on any atom is -0.328 e. The molecule has 1 nitrogen and oxygen atoms in total. The topological polar surface area (TPSA) is 26.0 Å². The molecule has 0 aromatic heterocycles. The standard InChI is InChI=1S/C10H12FN/c11-9-3-1-2-7(4-9)8-5-10(12)6-8/h1-4,8,10H,5-6,12H2/t8-,10-. The Morgan fingerprint density at radius 2 is 2.08 bits per heavy atom. The van der Waals surface area contributed by atoms with Crippen LogP contribution in [-0.4, -0.2) is 6.04 Å². The fourth-order valence-corrected chi connectivity index (χ4v) is 1.69. The molecule has 0 atom stereocenters. The maximum atomic E-state index is 12.8. The lowest BCUT2D eigenvalue weighted by atomic mass is 9.76. The molecule has 0 saturated heterocycles. The number of nitrogens with two attached hydrogens (primary N) is 1. The number of hydrogen-bond acceptors (Lipinski definition) is 1. The fraction of sp³-hybridized carbons (Fsp3) is 0.400. The van der Waals surface area contributed by atoms with Crippen LogP contribution in [0.4, 0.5) is 4.39 Å². The molecule has 0 bridgehead atoms. The average Bonchev–Trinajstić information content (AvgIpc) is 1.99. The van der Waals surface area contributed by atoms with E-state index >= 15 is 0 Å². The van der Waals surface area contributed by atoms with Gasteiger partial charge in [0.15, 0.2) is 0 Å². The smallest absolute Gasteiger partial charge is 0.123 e. The van der Waals surface area contributed by atoms with Crippen molar-refractivity contribution in [3.05, 3.63) is 35.6 Å². The van der Waals surface area contributed by atoms with E-state index in [-0.39, 0.29) is 5.82 Å². The Balaban J connectivity index is 2.13. The van der Waals surface area contributed by atoms with Crippen LogP contribution in [0, 0.1) is 5.82 Å². The van der Waals surface area contributed by atoms with E-state index in [0.29, 0.717) is 12.0 Å². The highest BCUT2D eigenvalue weighted by molar-refractivity contribution is 5.23. The average molecular weight is 165 g/mol. The monoisotopic (exact) mass is 165 g/mol. The molecule has 1 aromatic rings. The van der Waals surface area contributed by atoms with Gasteiger partial charge in [0, 0.05) is 6.04 Å². The first-order chi connectivity index (χ1) is 5.75. The molecule has 0 amide bonds. The van der Waals surface area contributed by atoms with Gasteiger partial charge in [-0.05, 0) is 36.5 Å². The molecule has 0 aliphatic heterocycles. The third kappa shape index (κ3) is 1.34. The molecule has 1 fully saturated rings. The van der Waals surface area contributed by atoms with E-state index in [9.17, 15) is 4.39 Å². The van der Waals surface area contributed by atoms with Crippen LogP contribution in [0.2, 0.25) is 0 Å². The van der Waals surface area contributed by atoms with Crippen molar-refractivity contribution in [3.63, 3.8) is 0 Å². The van der Waals surface area contributed by atoms with Crippen LogP contribution in [0.3, 0.4) is 0 Å². The molecule has 64 valence electrons. The Morgan fingerprint density at radius 1 is 1.33 bits per heavy atom. The molecule has 0 radical (unpaired) electrons. The summed E-state index contributed by atoms with van der Waals surface area (Å²) in [6.45, 7) is 0. The van der Waals surface area contributed by atoms with E-state index in [1.807, 2.05) is 6.07 Å². The summed E-state index contributed by atoms with van der Waals surface area (Å²) in [4.78, 5) is 0. The van der Waals surface area contributed by atoms with Gasteiger partial charge in [-0.3, -0.25) is 0 Å². The summed E-state index contributed by atoms with van der Waals surface area (Å²) in [6, 6.07) is 7.14. The molecule has 2 N–H and O–H groups in total. The van der Waals surface area contributed by atoms with Gasteiger partial charge in [-0.15, -0.1) is 0 Å². The van der Waals surface area contributed by atoms with E-state index in [4.69, 9.17) is 5.73 Å². The van der Waals surface area contributed by atoms with Crippen LogP contribution >= 0.6 is 0 Å². The third-order valence-corrected chi connectivity index (χ3v) is 2.49. The van der Waals surface area contributed by atoms with Crippen molar-refractivity contribution in [1.82, 2.24) is 0 Å². The van der Waals surface area contributed by atoms with E-state index in [1.165, 1.54) is 6.07 Å². The second-order valence-electron chi connectivity index (χ2n) is 3.48. The first-order valence-corrected chi connectivity index (χ1v) is 4.27. The number of benzene rings is 1. The number of hydrogen-bond donors (Lipinski definition) is 1. The molecule has 0 heterocycles. The first-order valence-electron chi connectivity index (χ1n) is 4.27. The van der Waals surface area contributed by atoms with Crippen molar-refractivity contribution >= 4 is 0 Å². The summed E-state index contributed by atoms with van der Waals surface area (Å²) in [5, 5.41) is 0. The van der Waals surface area contributed by atoms with E-state index in [1.54, 1.807) is 12.1 Å². The van der Waals surface area contributed by atoms with Crippen molar-refractivity contribution in [1.29, 1.82) is 0 Å². The molecular formula is C10H12FN. The highest BCUT2D eigenvalue weighted by Crippen LogP contribution is 2.35. The SMILES string of the molecule is N[C@H]1C[C@H](c2cccc(F)c2)C1. The van der Waals surface area contributed by atoms with Crippen LogP contribution in [0.15, 0.2) is 24.3 Å². The third-order valence-electron chi connectivity index (χ3n) is 2.49. The van der Waals surface area contributed by atoms with E-state index in [2.05, 4.69) is 0 Å². The minimum absolute atomic E-state index is 0.145. The lowest BCUT2D eigenvalue weighted by Crippen LogP contribution is -2.34. The highest BCUT2D eigenvalue weighted by atomic mass is 19.1. The predicted molar refractivity (Wildman–Crippen MR) is 46.4 cm³/mol.